The molecule has 0 bridgehead atoms. The summed E-state index contributed by atoms with van der Waals surface area (Å²) in [6.45, 7) is 0.196. The first-order valence-electron chi connectivity index (χ1n) is 10.2. The normalized spacial score (nSPS) is 15.8. The zero-order valence-corrected chi connectivity index (χ0v) is 22.2. The van der Waals surface area contributed by atoms with Crippen molar-refractivity contribution in [3.63, 3.8) is 0 Å². The molecule has 0 spiro atoms. The Kier molecular flexibility index (Phi) is 7.73. The summed E-state index contributed by atoms with van der Waals surface area (Å²) in [6, 6.07) is 16.0. The summed E-state index contributed by atoms with van der Waals surface area (Å²) < 4.78 is 20.6. The highest BCUT2D eigenvalue weighted by molar-refractivity contribution is 9.11. The van der Waals surface area contributed by atoms with Crippen molar-refractivity contribution in [1.82, 2.24) is 4.90 Å². The first-order valence-corrected chi connectivity index (χ1v) is 12.6. The fraction of sp³-hybridized carbons (Fsp3) is 0.0800. The number of carboxylic acid groups (broad SMARTS) is 1. The lowest BCUT2D eigenvalue weighted by atomic mass is 10.2. The molecule has 35 heavy (non-hydrogen) atoms. The molecule has 1 fully saturated rings. The maximum atomic E-state index is 13.4. The van der Waals surface area contributed by atoms with E-state index >= 15 is 0 Å². The number of aliphatic imine (C=N–C) groups is 1. The van der Waals surface area contributed by atoms with E-state index in [-0.39, 0.29) is 23.9 Å². The molecule has 0 radical (unpaired) electrons. The highest BCUT2D eigenvalue weighted by atomic mass is 79.9. The molecule has 6 nitrogen and oxygen atoms in total. The average Bonchev–Trinajstić information content (AvgIpc) is 3.06. The van der Waals surface area contributed by atoms with E-state index < -0.39 is 5.97 Å². The first-order chi connectivity index (χ1) is 16.7. The molecule has 1 amide bonds. The summed E-state index contributed by atoms with van der Waals surface area (Å²) in [5.74, 6) is -0.977. The van der Waals surface area contributed by atoms with E-state index in [4.69, 9.17) is 9.84 Å². The van der Waals surface area contributed by atoms with Crippen molar-refractivity contribution in [1.29, 1.82) is 0 Å². The largest absolute Gasteiger partial charge is 0.487 e. The molecule has 1 N–H and O–H groups in total. The fourth-order valence-electron chi connectivity index (χ4n) is 3.17. The SMILES string of the molecule is CN1C(=O)C(=Cc2cc(Br)c(OCc3cccc(F)c3)c(Br)c2)SC1=Nc1ccc(C(=O)O)cc1. The number of rotatable bonds is 6. The van der Waals surface area contributed by atoms with E-state index in [0.29, 0.717) is 36.0 Å². The highest BCUT2D eigenvalue weighted by Crippen LogP contribution is 2.38. The molecule has 0 aliphatic carbocycles. The van der Waals surface area contributed by atoms with Gasteiger partial charge < -0.3 is 9.84 Å². The van der Waals surface area contributed by atoms with Gasteiger partial charge in [-0.1, -0.05) is 12.1 Å². The number of ether oxygens (including phenoxy) is 1. The molecular formula is C25H17Br2FN2O4S. The molecule has 3 aromatic carbocycles. The van der Waals surface area contributed by atoms with Crippen molar-refractivity contribution < 1.29 is 23.8 Å². The van der Waals surface area contributed by atoms with Crippen LogP contribution in [0.5, 0.6) is 5.75 Å². The Labute approximate surface area is 221 Å². The van der Waals surface area contributed by atoms with Crippen molar-refractivity contribution >= 4 is 72.4 Å². The number of amidine groups is 1. The van der Waals surface area contributed by atoms with E-state index in [9.17, 15) is 14.0 Å². The zero-order valence-electron chi connectivity index (χ0n) is 18.2. The molecule has 0 aromatic heterocycles. The van der Waals surface area contributed by atoms with Gasteiger partial charge in [-0.3, -0.25) is 9.69 Å². The second kappa shape index (κ2) is 10.8. The average molecular weight is 620 g/mol. The summed E-state index contributed by atoms with van der Waals surface area (Å²) in [5, 5.41) is 9.52. The zero-order chi connectivity index (χ0) is 25.1. The number of amides is 1. The molecule has 1 aliphatic heterocycles. The van der Waals surface area contributed by atoms with Crippen LogP contribution in [-0.4, -0.2) is 34.1 Å². The topological polar surface area (TPSA) is 79.2 Å². The van der Waals surface area contributed by atoms with Gasteiger partial charge in [-0.2, -0.15) is 0 Å². The first kappa shape index (κ1) is 25.2. The number of nitrogens with zero attached hydrogens (tertiary/aromatic N) is 2. The summed E-state index contributed by atoms with van der Waals surface area (Å²) in [7, 11) is 1.63. The Bertz CT molecular complexity index is 1350. The van der Waals surface area contributed by atoms with Crippen molar-refractivity contribution in [2.24, 2.45) is 4.99 Å². The van der Waals surface area contributed by atoms with E-state index in [1.807, 2.05) is 12.1 Å². The molecule has 1 aliphatic rings. The monoisotopic (exact) mass is 618 g/mol. The minimum Gasteiger partial charge on any atom is -0.487 e. The molecule has 0 saturated carbocycles. The highest BCUT2D eigenvalue weighted by Gasteiger charge is 2.30. The van der Waals surface area contributed by atoms with Gasteiger partial charge in [0.2, 0.25) is 0 Å². The molecular weight excluding hydrogens is 603 g/mol. The minimum atomic E-state index is -1.01. The van der Waals surface area contributed by atoms with Crippen LogP contribution in [0.3, 0.4) is 0 Å². The number of aromatic carboxylic acids is 1. The third-order valence-corrected chi connectivity index (χ3v) is 7.17. The van der Waals surface area contributed by atoms with Crippen LogP contribution in [0.15, 0.2) is 79.5 Å². The van der Waals surface area contributed by atoms with Crippen LogP contribution < -0.4 is 4.74 Å². The number of carbonyl (C=O) groups excluding carboxylic acids is 1. The summed E-state index contributed by atoms with van der Waals surface area (Å²) in [6.07, 6.45) is 1.76. The molecule has 3 aromatic rings. The molecule has 0 atom stereocenters. The van der Waals surface area contributed by atoms with Gasteiger partial charge >= 0.3 is 5.97 Å². The van der Waals surface area contributed by atoms with Gasteiger partial charge in [0.1, 0.15) is 18.2 Å². The van der Waals surface area contributed by atoms with E-state index in [2.05, 4.69) is 36.9 Å². The summed E-state index contributed by atoms with van der Waals surface area (Å²) in [4.78, 5) is 30.2. The smallest absolute Gasteiger partial charge is 0.335 e. The third kappa shape index (κ3) is 6.01. The molecule has 1 heterocycles. The predicted octanol–water partition coefficient (Wildman–Crippen LogP) is 6.86. The Hall–Kier alpha value is -2.95. The maximum Gasteiger partial charge on any atom is 0.335 e. The lowest BCUT2D eigenvalue weighted by Gasteiger charge is -2.12. The number of benzene rings is 3. The van der Waals surface area contributed by atoms with Gasteiger partial charge in [-0.15, -0.1) is 0 Å². The molecule has 10 heteroatoms. The number of thioether (sulfide) groups is 1. The van der Waals surface area contributed by atoms with Crippen LogP contribution in [0.25, 0.3) is 6.08 Å². The third-order valence-electron chi connectivity index (χ3n) is 4.93. The van der Waals surface area contributed by atoms with Crippen molar-refractivity contribution in [2.75, 3.05) is 7.05 Å². The number of likely N-dealkylation sites (N-methyl/N-ethyl adjacent to an activating group) is 1. The molecule has 1 saturated heterocycles. The Balaban J connectivity index is 1.52. The van der Waals surface area contributed by atoms with Crippen LogP contribution in [0.2, 0.25) is 0 Å². The summed E-state index contributed by atoms with van der Waals surface area (Å²) in [5.41, 5.74) is 2.18. The summed E-state index contributed by atoms with van der Waals surface area (Å²) >= 11 is 8.24. The van der Waals surface area contributed by atoms with E-state index in [1.54, 1.807) is 37.4 Å². The second-order valence-corrected chi connectivity index (χ2v) is 10.2. The predicted molar refractivity (Wildman–Crippen MR) is 141 cm³/mol. The quantitative estimate of drug-likeness (QED) is 0.305. The fourth-order valence-corrected chi connectivity index (χ4v) is 5.61. The van der Waals surface area contributed by atoms with Gasteiger partial charge in [0.15, 0.2) is 5.17 Å². The number of hydrogen-bond acceptors (Lipinski definition) is 5. The van der Waals surface area contributed by atoms with Crippen molar-refractivity contribution in [2.45, 2.75) is 6.61 Å². The number of hydrogen-bond donors (Lipinski definition) is 1. The second-order valence-electron chi connectivity index (χ2n) is 7.45. The molecule has 178 valence electrons. The lowest BCUT2D eigenvalue weighted by Crippen LogP contribution is -2.23. The van der Waals surface area contributed by atoms with Gasteiger partial charge in [0, 0.05) is 7.05 Å². The minimum absolute atomic E-state index is 0.164. The van der Waals surface area contributed by atoms with E-state index in [1.165, 1.54) is 40.9 Å². The number of carboxylic acids is 1. The maximum absolute atomic E-state index is 13.4. The van der Waals surface area contributed by atoms with Crippen molar-refractivity contribution in [3.8, 4) is 5.75 Å². The van der Waals surface area contributed by atoms with Crippen LogP contribution in [0.1, 0.15) is 21.5 Å². The van der Waals surface area contributed by atoms with Gasteiger partial charge in [-0.05, 0) is 109 Å². The Morgan fingerprint density at radius 3 is 2.46 bits per heavy atom. The number of carbonyl (C=O) groups is 2. The lowest BCUT2D eigenvalue weighted by molar-refractivity contribution is -0.121. The van der Waals surface area contributed by atoms with Gasteiger partial charge in [0.25, 0.3) is 5.91 Å². The van der Waals surface area contributed by atoms with E-state index in [0.717, 1.165) is 5.56 Å². The van der Waals surface area contributed by atoms with Crippen molar-refractivity contribution in [3.05, 3.63) is 97.0 Å². The number of halogens is 3. The van der Waals surface area contributed by atoms with Gasteiger partial charge in [-0.25, -0.2) is 14.2 Å². The molecule has 0 unspecified atom stereocenters. The van der Waals surface area contributed by atoms with Crippen LogP contribution in [0, 0.1) is 5.82 Å². The Morgan fingerprint density at radius 1 is 1.14 bits per heavy atom. The van der Waals surface area contributed by atoms with Crippen LogP contribution in [0.4, 0.5) is 10.1 Å². The van der Waals surface area contributed by atoms with Crippen LogP contribution >= 0.6 is 43.6 Å². The standard InChI is InChI=1S/C25H17Br2FN2O4S/c1-30-23(31)21(35-25(30)29-18-7-5-16(6-8-18)24(32)33)12-15-10-19(26)22(20(27)11-15)34-13-14-3-2-4-17(28)9-14/h2-12H,13H2,1H3,(H,32,33). The van der Waals surface area contributed by atoms with Gasteiger partial charge in [0.05, 0.1) is 25.1 Å². The Morgan fingerprint density at radius 2 is 1.83 bits per heavy atom. The van der Waals surface area contributed by atoms with Crippen LogP contribution in [-0.2, 0) is 11.4 Å². The molecule has 4 rings (SSSR count).